The molecule has 142 valence electrons. The summed E-state index contributed by atoms with van der Waals surface area (Å²) in [6, 6.07) is 6.40. The molecule has 1 aromatic carbocycles. The first-order valence-corrected chi connectivity index (χ1v) is 10.5. The van der Waals surface area contributed by atoms with Crippen LogP contribution in [-0.4, -0.2) is 75.2 Å². The van der Waals surface area contributed by atoms with Crippen molar-refractivity contribution in [2.24, 2.45) is 0 Å². The molecule has 2 saturated heterocycles. The fourth-order valence-corrected chi connectivity index (χ4v) is 3.77. The number of hydrogen-bond donors (Lipinski definition) is 1. The number of carbonyl (C=O) groups is 2. The van der Waals surface area contributed by atoms with E-state index in [4.69, 9.17) is 4.74 Å². The molecule has 26 heavy (non-hydrogen) atoms. The molecule has 0 bridgehead atoms. The minimum atomic E-state index is -3.40. The molecule has 2 aliphatic heterocycles. The Balaban J connectivity index is 1.60. The topological polar surface area (TPSA) is 96.0 Å². The maximum Gasteiger partial charge on any atom is 0.254 e. The number of rotatable bonds is 4. The van der Waals surface area contributed by atoms with Gasteiger partial charge in [0.05, 0.1) is 6.26 Å². The zero-order valence-electron chi connectivity index (χ0n) is 14.7. The van der Waals surface area contributed by atoms with Crippen LogP contribution in [0.1, 0.15) is 23.2 Å². The van der Waals surface area contributed by atoms with Gasteiger partial charge in [0, 0.05) is 44.0 Å². The zero-order valence-corrected chi connectivity index (χ0v) is 15.5. The molecule has 1 unspecified atom stereocenters. The largest absolute Gasteiger partial charge is 0.368 e. The van der Waals surface area contributed by atoms with Gasteiger partial charge < -0.3 is 14.5 Å². The van der Waals surface area contributed by atoms with Crippen molar-refractivity contribution in [3.8, 4) is 0 Å². The number of ether oxygens (including phenoxy) is 1. The van der Waals surface area contributed by atoms with Gasteiger partial charge in [0.15, 0.2) is 0 Å². The predicted molar refractivity (Wildman–Crippen MR) is 96.4 cm³/mol. The monoisotopic (exact) mass is 381 g/mol. The van der Waals surface area contributed by atoms with Crippen LogP contribution < -0.4 is 4.72 Å². The number of carbonyl (C=O) groups excluding carboxylic acids is 2. The lowest BCUT2D eigenvalue weighted by atomic mass is 10.1. The van der Waals surface area contributed by atoms with E-state index in [0.29, 0.717) is 44.0 Å². The third kappa shape index (κ3) is 4.53. The van der Waals surface area contributed by atoms with E-state index in [1.165, 1.54) is 6.07 Å². The quantitative estimate of drug-likeness (QED) is 0.820. The second-order valence-electron chi connectivity index (χ2n) is 6.57. The first-order chi connectivity index (χ1) is 12.3. The van der Waals surface area contributed by atoms with Crippen molar-refractivity contribution in [2.45, 2.75) is 18.9 Å². The first kappa shape index (κ1) is 18.7. The molecule has 2 heterocycles. The summed E-state index contributed by atoms with van der Waals surface area (Å²) in [7, 11) is -3.40. The lowest BCUT2D eigenvalue weighted by Gasteiger charge is -2.35. The highest BCUT2D eigenvalue weighted by Crippen LogP contribution is 2.18. The van der Waals surface area contributed by atoms with Gasteiger partial charge in [-0.25, -0.2) is 8.42 Å². The lowest BCUT2D eigenvalue weighted by Crippen LogP contribution is -2.52. The highest BCUT2D eigenvalue weighted by atomic mass is 32.2. The van der Waals surface area contributed by atoms with Crippen LogP contribution in [0.3, 0.4) is 0 Å². The Morgan fingerprint density at radius 2 is 1.85 bits per heavy atom. The molecule has 3 rings (SSSR count). The summed E-state index contributed by atoms with van der Waals surface area (Å²) in [6.45, 7) is 2.48. The Bertz CT molecular complexity index is 781. The van der Waals surface area contributed by atoms with E-state index in [2.05, 4.69) is 4.72 Å². The molecule has 9 heteroatoms. The van der Waals surface area contributed by atoms with Crippen LogP contribution in [-0.2, 0) is 19.6 Å². The van der Waals surface area contributed by atoms with Crippen LogP contribution in [0.25, 0.3) is 0 Å². The number of amides is 2. The highest BCUT2D eigenvalue weighted by Gasteiger charge is 2.31. The maximum atomic E-state index is 12.7. The zero-order chi connectivity index (χ0) is 18.7. The molecular weight excluding hydrogens is 358 g/mol. The normalized spacial score (nSPS) is 20.9. The van der Waals surface area contributed by atoms with Gasteiger partial charge in [-0.1, -0.05) is 6.07 Å². The standard InChI is InChI=1S/C17H23N3O5S/c1-26(23,24)18-14-5-2-4-13(12-14)16(21)19-7-9-20(10-8-19)17(22)15-6-3-11-25-15/h2,4-5,12,15,18H,3,6-11H2,1H3. The summed E-state index contributed by atoms with van der Waals surface area (Å²) >= 11 is 0. The van der Waals surface area contributed by atoms with Gasteiger partial charge in [-0.2, -0.15) is 0 Å². The number of hydrogen-bond acceptors (Lipinski definition) is 5. The van der Waals surface area contributed by atoms with Crippen LogP contribution >= 0.6 is 0 Å². The van der Waals surface area contributed by atoms with E-state index in [9.17, 15) is 18.0 Å². The first-order valence-electron chi connectivity index (χ1n) is 8.61. The minimum Gasteiger partial charge on any atom is -0.368 e. The molecule has 2 fully saturated rings. The Morgan fingerprint density at radius 3 is 2.46 bits per heavy atom. The van der Waals surface area contributed by atoms with E-state index >= 15 is 0 Å². The molecule has 0 saturated carbocycles. The van der Waals surface area contributed by atoms with E-state index in [0.717, 1.165) is 19.1 Å². The third-order valence-electron chi connectivity index (χ3n) is 4.50. The van der Waals surface area contributed by atoms with Crippen molar-refractivity contribution in [2.75, 3.05) is 43.8 Å². The van der Waals surface area contributed by atoms with Crippen molar-refractivity contribution in [3.63, 3.8) is 0 Å². The Hall–Kier alpha value is -2.13. The molecule has 0 spiro atoms. The summed E-state index contributed by atoms with van der Waals surface area (Å²) in [5, 5.41) is 0. The fraction of sp³-hybridized carbons (Fsp3) is 0.529. The second kappa shape index (κ2) is 7.63. The molecule has 0 radical (unpaired) electrons. The third-order valence-corrected chi connectivity index (χ3v) is 5.10. The fourth-order valence-electron chi connectivity index (χ4n) is 3.22. The molecule has 1 atom stereocenters. The van der Waals surface area contributed by atoms with Crippen LogP contribution in [0.15, 0.2) is 24.3 Å². The minimum absolute atomic E-state index is 0.00829. The average Bonchev–Trinajstić information content (AvgIpc) is 3.14. The summed E-state index contributed by atoms with van der Waals surface area (Å²) < 4.78 is 30.5. The van der Waals surface area contributed by atoms with Gasteiger partial charge in [0.1, 0.15) is 6.10 Å². The van der Waals surface area contributed by atoms with Gasteiger partial charge in [-0.3, -0.25) is 14.3 Å². The van der Waals surface area contributed by atoms with Crippen molar-refractivity contribution < 1.29 is 22.7 Å². The predicted octanol–water partition coefficient (Wildman–Crippen LogP) is 0.521. The average molecular weight is 381 g/mol. The van der Waals surface area contributed by atoms with Gasteiger partial charge in [0.25, 0.3) is 11.8 Å². The number of nitrogens with zero attached hydrogens (tertiary/aromatic N) is 2. The molecule has 0 aliphatic carbocycles. The van der Waals surface area contributed by atoms with Crippen molar-refractivity contribution in [3.05, 3.63) is 29.8 Å². The van der Waals surface area contributed by atoms with Crippen LogP contribution in [0.2, 0.25) is 0 Å². The Morgan fingerprint density at radius 1 is 1.15 bits per heavy atom. The van der Waals surface area contributed by atoms with Crippen molar-refractivity contribution in [1.82, 2.24) is 9.80 Å². The molecule has 8 nitrogen and oxygen atoms in total. The van der Waals surface area contributed by atoms with Crippen molar-refractivity contribution in [1.29, 1.82) is 0 Å². The molecule has 1 aromatic rings. The number of sulfonamides is 1. The Labute approximate surface area is 153 Å². The number of nitrogens with one attached hydrogen (secondary N) is 1. The van der Waals surface area contributed by atoms with E-state index in [1.54, 1.807) is 28.0 Å². The molecule has 2 amide bonds. The van der Waals surface area contributed by atoms with Crippen molar-refractivity contribution >= 4 is 27.5 Å². The maximum absolute atomic E-state index is 12.7. The Kier molecular flexibility index (Phi) is 5.47. The van der Waals surface area contributed by atoms with Gasteiger partial charge in [0.2, 0.25) is 10.0 Å². The molecular formula is C17H23N3O5S. The highest BCUT2D eigenvalue weighted by molar-refractivity contribution is 7.92. The van der Waals surface area contributed by atoms with Crippen LogP contribution in [0.4, 0.5) is 5.69 Å². The number of benzene rings is 1. The van der Waals surface area contributed by atoms with Crippen LogP contribution in [0, 0.1) is 0 Å². The molecule has 2 aliphatic rings. The SMILES string of the molecule is CS(=O)(=O)Nc1cccc(C(=O)N2CCN(C(=O)C3CCCO3)CC2)c1. The lowest BCUT2D eigenvalue weighted by molar-refractivity contribution is -0.142. The van der Waals surface area contributed by atoms with Gasteiger partial charge >= 0.3 is 0 Å². The summed E-state index contributed by atoms with van der Waals surface area (Å²) in [4.78, 5) is 28.5. The molecule has 0 aromatic heterocycles. The van der Waals surface area contributed by atoms with E-state index in [1.807, 2.05) is 0 Å². The van der Waals surface area contributed by atoms with Crippen LogP contribution in [0.5, 0.6) is 0 Å². The smallest absolute Gasteiger partial charge is 0.254 e. The van der Waals surface area contributed by atoms with Gasteiger partial charge in [-0.05, 0) is 31.0 Å². The summed E-state index contributed by atoms with van der Waals surface area (Å²) in [6.07, 6.45) is 2.40. The number of piperazine rings is 1. The summed E-state index contributed by atoms with van der Waals surface area (Å²) in [5.74, 6) is -0.166. The van der Waals surface area contributed by atoms with Gasteiger partial charge in [-0.15, -0.1) is 0 Å². The molecule has 1 N–H and O–H groups in total. The summed E-state index contributed by atoms with van der Waals surface area (Å²) in [5.41, 5.74) is 0.767. The number of anilines is 1. The van der Waals surface area contributed by atoms with E-state index in [-0.39, 0.29) is 17.9 Å². The van der Waals surface area contributed by atoms with E-state index < -0.39 is 10.0 Å². The second-order valence-corrected chi connectivity index (χ2v) is 8.32.